The van der Waals surface area contributed by atoms with Gasteiger partial charge < -0.3 is 10.3 Å². The molecule has 2 N–H and O–H groups in total. The van der Waals surface area contributed by atoms with Crippen molar-refractivity contribution in [1.29, 1.82) is 5.26 Å². The second kappa shape index (κ2) is 3.24. The molecule has 4 heteroatoms. The molecule has 0 bridgehead atoms. The highest BCUT2D eigenvalue weighted by Gasteiger charge is 2.15. The molecular formula is C9H11N2OP. The lowest BCUT2D eigenvalue weighted by Gasteiger charge is -2.09. The lowest BCUT2D eigenvalue weighted by Crippen LogP contribution is -2.09. The van der Waals surface area contributed by atoms with Crippen LogP contribution in [0.2, 0.25) is 0 Å². The van der Waals surface area contributed by atoms with E-state index in [1.807, 2.05) is 6.07 Å². The molecule has 68 valence electrons. The van der Waals surface area contributed by atoms with E-state index in [0.29, 0.717) is 16.6 Å². The van der Waals surface area contributed by atoms with Crippen LogP contribution < -0.4 is 11.0 Å². The van der Waals surface area contributed by atoms with Crippen LogP contribution in [0.25, 0.3) is 0 Å². The fourth-order valence-electron chi connectivity index (χ4n) is 1.09. The number of hydrogen-bond acceptors (Lipinski definition) is 3. The van der Waals surface area contributed by atoms with Gasteiger partial charge in [-0.2, -0.15) is 5.26 Å². The van der Waals surface area contributed by atoms with Crippen LogP contribution in [0.3, 0.4) is 0 Å². The Morgan fingerprint density at radius 3 is 2.54 bits per heavy atom. The molecule has 13 heavy (non-hydrogen) atoms. The van der Waals surface area contributed by atoms with Gasteiger partial charge in [0.05, 0.1) is 11.6 Å². The summed E-state index contributed by atoms with van der Waals surface area (Å²) in [6, 6.07) is 6.85. The maximum absolute atomic E-state index is 11.7. The molecule has 0 saturated heterocycles. The number of nitrogens with two attached hydrogens (primary N) is 1. The van der Waals surface area contributed by atoms with Crippen molar-refractivity contribution in [2.45, 2.75) is 0 Å². The zero-order chi connectivity index (χ0) is 10.1. The normalized spacial score (nSPS) is 10.8. The Bertz CT molecular complexity index is 414. The Labute approximate surface area is 77.5 Å². The molecule has 0 amide bonds. The summed E-state index contributed by atoms with van der Waals surface area (Å²) >= 11 is 0. The van der Waals surface area contributed by atoms with Gasteiger partial charge in [-0.1, -0.05) is 0 Å². The number of nitrogens with zero attached hydrogens (tertiary/aromatic N) is 1. The van der Waals surface area contributed by atoms with Crippen molar-refractivity contribution in [2.24, 2.45) is 0 Å². The Balaban J connectivity index is 3.44. The van der Waals surface area contributed by atoms with Crippen LogP contribution in [0.15, 0.2) is 18.2 Å². The summed E-state index contributed by atoms with van der Waals surface area (Å²) in [7, 11) is -2.40. The second-order valence-electron chi connectivity index (χ2n) is 3.24. The van der Waals surface area contributed by atoms with Crippen molar-refractivity contribution in [3.8, 4) is 6.07 Å². The first-order valence-corrected chi connectivity index (χ1v) is 6.40. The zero-order valence-corrected chi connectivity index (χ0v) is 8.51. The van der Waals surface area contributed by atoms with Crippen molar-refractivity contribution in [1.82, 2.24) is 0 Å². The first-order valence-electron chi connectivity index (χ1n) is 3.80. The molecule has 0 aliphatic rings. The smallest absolute Gasteiger partial charge is 0.111 e. The highest BCUT2D eigenvalue weighted by atomic mass is 31.2. The molecule has 0 spiro atoms. The highest BCUT2D eigenvalue weighted by molar-refractivity contribution is 7.70. The molecule has 0 radical (unpaired) electrons. The fourth-order valence-corrected chi connectivity index (χ4v) is 2.25. The molecule has 3 nitrogen and oxygen atoms in total. The molecule has 1 aromatic carbocycles. The van der Waals surface area contributed by atoms with Crippen molar-refractivity contribution in [3.63, 3.8) is 0 Å². The largest absolute Gasteiger partial charge is 0.399 e. The summed E-state index contributed by atoms with van der Waals surface area (Å²) in [4.78, 5) is 0. The quantitative estimate of drug-likeness (QED) is 0.542. The van der Waals surface area contributed by atoms with Gasteiger partial charge in [-0.05, 0) is 31.5 Å². The molecule has 0 atom stereocenters. The molecular weight excluding hydrogens is 183 g/mol. The van der Waals surface area contributed by atoms with Crippen LogP contribution in [0.4, 0.5) is 5.69 Å². The number of rotatable bonds is 1. The fraction of sp³-hybridized carbons (Fsp3) is 0.222. The third kappa shape index (κ3) is 2.11. The maximum atomic E-state index is 11.7. The number of nitriles is 1. The van der Waals surface area contributed by atoms with E-state index < -0.39 is 7.14 Å². The van der Waals surface area contributed by atoms with Gasteiger partial charge in [0.25, 0.3) is 0 Å². The molecule has 0 fully saturated rings. The Kier molecular flexibility index (Phi) is 2.45. The lowest BCUT2D eigenvalue weighted by atomic mass is 10.2. The van der Waals surface area contributed by atoms with E-state index >= 15 is 0 Å². The summed E-state index contributed by atoms with van der Waals surface area (Å²) in [6.07, 6.45) is 0. The number of hydrogen-bond donors (Lipinski definition) is 1. The average molecular weight is 194 g/mol. The van der Waals surface area contributed by atoms with E-state index in [4.69, 9.17) is 11.0 Å². The summed E-state index contributed by atoms with van der Waals surface area (Å²) in [5, 5.41) is 9.33. The van der Waals surface area contributed by atoms with Gasteiger partial charge in [0.15, 0.2) is 0 Å². The molecule has 1 rings (SSSR count). The number of nitrogen functional groups attached to an aromatic ring is 1. The van der Waals surface area contributed by atoms with Crippen molar-refractivity contribution < 1.29 is 4.57 Å². The van der Waals surface area contributed by atoms with Crippen LogP contribution >= 0.6 is 7.14 Å². The Morgan fingerprint density at radius 2 is 2.08 bits per heavy atom. The standard InChI is InChI=1S/C9H11N2OP/c1-13(2,12)9-5-8(11)4-3-7(9)6-10/h3-5H,11H2,1-2H3. The van der Waals surface area contributed by atoms with E-state index in [2.05, 4.69) is 0 Å². The lowest BCUT2D eigenvalue weighted by molar-refractivity contribution is 0.588. The van der Waals surface area contributed by atoms with Crippen LogP contribution in [0.1, 0.15) is 5.56 Å². The summed E-state index contributed by atoms with van der Waals surface area (Å²) in [5.41, 5.74) is 6.53. The minimum Gasteiger partial charge on any atom is -0.399 e. The van der Waals surface area contributed by atoms with Crippen LogP contribution in [0.5, 0.6) is 0 Å². The highest BCUT2D eigenvalue weighted by Crippen LogP contribution is 2.36. The Hall–Kier alpha value is -1.26. The van der Waals surface area contributed by atoms with Crippen LogP contribution in [-0.4, -0.2) is 13.3 Å². The molecule has 0 aliphatic carbocycles. The van der Waals surface area contributed by atoms with E-state index in [1.54, 1.807) is 31.5 Å². The summed E-state index contributed by atoms with van der Waals surface area (Å²) in [6.45, 7) is 3.26. The molecule has 0 saturated carbocycles. The van der Waals surface area contributed by atoms with Gasteiger partial charge >= 0.3 is 0 Å². The maximum Gasteiger partial charge on any atom is 0.111 e. The van der Waals surface area contributed by atoms with Gasteiger partial charge in [0, 0.05) is 11.0 Å². The van der Waals surface area contributed by atoms with Crippen molar-refractivity contribution >= 4 is 18.1 Å². The number of benzene rings is 1. The minimum absolute atomic E-state index is 0.447. The Morgan fingerprint density at radius 1 is 1.46 bits per heavy atom. The van der Waals surface area contributed by atoms with Gasteiger partial charge in [-0.3, -0.25) is 0 Å². The monoisotopic (exact) mass is 194 g/mol. The van der Waals surface area contributed by atoms with E-state index in [-0.39, 0.29) is 0 Å². The van der Waals surface area contributed by atoms with Gasteiger partial charge in [0.2, 0.25) is 0 Å². The van der Waals surface area contributed by atoms with E-state index in [9.17, 15) is 4.57 Å². The molecule has 0 heterocycles. The summed E-state index contributed by atoms with van der Waals surface area (Å²) < 4.78 is 11.7. The first kappa shape index (κ1) is 9.83. The topological polar surface area (TPSA) is 66.9 Å². The summed E-state index contributed by atoms with van der Waals surface area (Å²) in [5.74, 6) is 0. The third-order valence-corrected chi connectivity index (χ3v) is 3.25. The molecule has 0 unspecified atom stereocenters. The van der Waals surface area contributed by atoms with Gasteiger partial charge in [-0.15, -0.1) is 0 Å². The van der Waals surface area contributed by atoms with E-state index in [0.717, 1.165) is 0 Å². The zero-order valence-electron chi connectivity index (χ0n) is 7.61. The first-order chi connectivity index (χ1) is 5.95. The van der Waals surface area contributed by atoms with Gasteiger partial charge in [0.1, 0.15) is 7.14 Å². The van der Waals surface area contributed by atoms with Crippen molar-refractivity contribution in [3.05, 3.63) is 23.8 Å². The SMILES string of the molecule is CP(C)(=O)c1cc(N)ccc1C#N. The molecule has 1 aromatic rings. The van der Waals surface area contributed by atoms with Crippen LogP contribution in [-0.2, 0) is 4.57 Å². The van der Waals surface area contributed by atoms with Crippen LogP contribution in [0, 0.1) is 11.3 Å². The number of anilines is 1. The second-order valence-corrected chi connectivity index (χ2v) is 6.42. The average Bonchev–Trinajstić information content (AvgIpc) is 2.03. The van der Waals surface area contributed by atoms with Crippen molar-refractivity contribution in [2.75, 3.05) is 19.1 Å². The minimum atomic E-state index is -2.40. The predicted molar refractivity (Wildman–Crippen MR) is 54.7 cm³/mol. The third-order valence-electron chi connectivity index (χ3n) is 1.72. The predicted octanol–water partition coefficient (Wildman–Crippen LogP) is 1.39. The molecule has 0 aliphatic heterocycles. The molecule has 0 aromatic heterocycles. The van der Waals surface area contributed by atoms with E-state index in [1.165, 1.54) is 0 Å². The van der Waals surface area contributed by atoms with Gasteiger partial charge in [-0.25, -0.2) is 0 Å².